The zero-order valence-electron chi connectivity index (χ0n) is 30.2. The van der Waals surface area contributed by atoms with Gasteiger partial charge in [0, 0.05) is 33.4 Å². The van der Waals surface area contributed by atoms with Gasteiger partial charge < -0.3 is 0 Å². The summed E-state index contributed by atoms with van der Waals surface area (Å²) >= 11 is 0. The molecule has 5 heteroatoms. The molecule has 7 aromatic carbocycles. The average molecular weight is 706 g/mol. The summed E-state index contributed by atoms with van der Waals surface area (Å²) in [5, 5.41) is 0. The number of hydrogen-bond acceptors (Lipinski definition) is 5. The van der Waals surface area contributed by atoms with Crippen molar-refractivity contribution >= 4 is 0 Å². The highest BCUT2D eigenvalue weighted by molar-refractivity contribution is 5.80. The molecule has 2 heterocycles. The molecule has 0 saturated carbocycles. The minimum atomic E-state index is 0.620. The van der Waals surface area contributed by atoms with Crippen molar-refractivity contribution in [2.24, 2.45) is 0 Å². The van der Waals surface area contributed by atoms with Gasteiger partial charge >= 0.3 is 0 Å². The number of nitrogens with zero attached hydrogens (tertiary/aromatic N) is 5. The largest absolute Gasteiger partial charge is 0.228 e. The van der Waals surface area contributed by atoms with Crippen molar-refractivity contribution in [3.8, 4) is 90.3 Å². The Bertz CT molecular complexity index is 2680. The van der Waals surface area contributed by atoms with Crippen LogP contribution in [-0.4, -0.2) is 24.9 Å². The molecule has 0 bridgehead atoms. The van der Waals surface area contributed by atoms with Crippen LogP contribution in [0.4, 0.5) is 0 Å². The second-order valence-electron chi connectivity index (χ2n) is 13.4. The first kappa shape index (κ1) is 33.5. The predicted molar refractivity (Wildman–Crippen MR) is 224 cm³/mol. The fourth-order valence-corrected chi connectivity index (χ4v) is 6.78. The highest BCUT2D eigenvalue weighted by Crippen LogP contribution is 2.34. The molecule has 0 radical (unpaired) electrons. The summed E-state index contributed by atoms with van der Waals surface area (Å²) in [7, 11) is 0. The number of aryl methyl sites for hydroxylation is 1. The van der Waals surface area contributed by atoms with Gasteiger partial charge in [-0.3, -0.25) is 0 Å². The highest BCUT2D eigenvalue weighted by atomic mass is 15.0. The molecule has 9 rings (SSSR count). The average Bonchev–Trinajstić information content (AvgIpc) is 3.27. The lowest BCUT2D eigenvalue weighted by atomic mass is 9.95. The molecule has 0 aliphatic carbocycles. The van der Waals surface area contributed by atoms with E-state index in [1.807, 2.05) is 84.9 Å². The van der Waals surface area contributed by atoms with E-state index >= 15 is 0 Å². The first-order valence-electron chi connectivity index (χ1n) is 18.3. The molecule has 5 nitrogen and oxygen atoms in total. The molecule has 0 fully saturated rings. The van der Waals surface area contributed by atoms with Gasteiger partial charge in [-0.1, -0.05) is 176 Å². The van der Waals surface area contributed by atoms with E-state index in [9.17, 15) is 0 Å². The summed E-state index contributed by atoms with van der Waals surface area (Å²) < 4.78 is 0. The third-order valence-electron chi connectivity index (χ3n) is 9.71. The van der Waals surface area contributed by atoms with E-state index in [4.69, 9.17) is 24.9 Å². The Labute approximate surface area is 320 Å². The lowest BCUT2D eigenvalue weighted by Crippen LogP contribution is -2.00. The van der Waals surface area contributed by atoms with Crippen molar-refractivity contribution in [2.45, 2.75) is 6.92 Å². The molecule has 2 aromatic heterocycles. The molecule has 0 aliphatic rings. The maximum atomic E-state index is 5.17. The smallest absolute Gasteiger partial charge is 0.164 e. The summed E-state index contributed by atoms with van der Waals surface area (Å²) in [5.41, 5.74) is 13.2. The van der Waals surface area contributed by atoms with Crippen LogP contribution in [0.3, 0.4) is 0 Å². The molecule has 0 atom stereocenters. The summed E-state index contributed by atoms with van der Waals surface area (Å²) in [6.45, 7) is 2.14. The second-order valence-corrected chi connectivity index (χ2v) is 13.4. The molecule has 0 amide bonds. The minimum Gasteiger partial charge on any atom is -0.228 e. The van der Waals surface area contributed by atoms with Gasteiger partial charge in [0.25, 0.3) is 0 Å². The Morgan fingerprint density at radius 3 is 1.22 bits per heavy atom. The Balaban J connectivity index is 1.12. The van der Waals surface area contributed by atoms with Crippen LogP contribution in [-0.2, 0) is 0 Å². The van der Waals surface area contributed by atoms with Gasteiger partial charge in [0.1, 0.15) is 0 Å². The summed E-state index contributed by atoms with van der Waals surface area (Å²) in [4.78, 5) is 25.1. The van der Waals surface area contributed by atoms with E-state index in [1.54, 1.807) is 0 Å². The zero-order valence-corrected chi connectivity index (χ0v) is 30.2. The van der Waals surface area contributed by atoms with Crippen molar-refractivity contribution in [2.75, 3.05) is 0 Å². The standard InChI is InChI=1S/C50H35N5/c1-34-25-26-42(46-33-45(37-17-8-3-9-18-37)51-47(52-46)40-29-27-36(28-30-40)35-15-6-2-7-16-35)32-44(34)41-23-14-24-43(31-41)50-54-48(38-19-10-4-11-20-38)53-49(55-50)39-21-12-5-13-22-39/h2-33H,1H3. The van der Waals surface area contributed by atoms with E-state index in [0.717, 1.165) is 67.0 Å². The van der Waals surface area contributed by atoms with E-state index in [-0.39, 0.29) is 0 Å². The van der Waals surface area contributed by atoms with Gasteiger partial charge in [-0.15, -0.1) is 0 Å². The van der Waals surface area contributed by atoms with Gasteiger partial charge in [-0.2, -0.15) is 0 Å². The third kappa shape index (κ3) is 7.19. The second kappa shape index (κ2) is 14.9. The van der Waals surface area contributed by atoms with Gasteiger partial charge in [-0.05, 0) is 52.9 Å². The normalized spacial score (nSPS) is 11.0. The lowest BCUT2D eigenvalue weighted by Gasteiger charge is -2.13. The van der Waals surface area contributed by atoms with Gasteiger partial charge in [-0.25, -0.2) is 24.9 Å². The van der Waals surface area contributed by atoms with E-state index in [0.29, 0.717) is 23.3 Å². The summed E-state index contributed by atoms with van der Waals surface area (Å²) in [6, 6.07) is 66.4. The zero-order chi connectivity index (χ0) is 37.0. The molecule has 260 valence electrons. The van der Waals surface area contributed by atoms with Crippen LogP contribution >= 0.6 is 0 Å². The molecule has 55 heavy (non-hydrogen) atoms. The van der Waals surface area contributed by atoms with Crippen LogP contribution in [0.15, 0.2) is 194 Å². The Morgan fingerprint density at radius 2 is 0.636 bits per heavy atom. The maximum Gasteiger partial charge on any atom is 0.164 e. The molecule has 0 N–H and O–H groups in total. The van der Waals surface area contributed by atoms with Gasteiger partial charge in [0.05, 0.1) is 11.4 Å². The molecule has 0 unspecified atom stereocenters. The monoisotopic (exact) mass is 705 g/mol. The third-order valence-corrected chi connectivity index (χ3v) is 9.71. The van der Waals surface area contributed by atoms with Gasteiger partial charge in [0.2, 0.25) is 0 Å². The van der Waals surface area contributed by atoms with Crippen LogP contribution in [0, 0.1) is 6.92 Å². The van der Waals surface area contributed by atoms with E-state index in [2.05, 4.69) is 116 Å². The lowest BCUT2D eigenvalue weighted by molar-refractivity contribution is 1.07. The number of benzene rings is 7. The summed E-state index contributed by atoms with van der Waals surface area (Å²) in [6.07, 6.45) is 0. The highest BCUT2D eigenvalue weighted by Gasteiger charge is 2.16. The number of hydrogen-bond donors (Lipinski definition) is 0. The molecular formula is C50H35N5. The number of rotatable bonds is 8. The van der Waals surface area contributed by atoms with Crippen LogP contribution in [0.5, 0.6) is 0 Å². The van der Waals surface area contributed by atoms with Crippen molar-refractivity contribution in [1.29, 1.82) is 0 Å². The first-order valence-corrected chi connectivity index (χ1v) is 18.3. The van der Waals surface area contributed by atoms with Crippen molar-refractivity contribution in [3.63, 3.8) is 0 Å². The van der Waals surface area contributed by atoms with Crippen LogP contribution < -0.4 is 0 Å². The van der Waals surface area contributed by atoms with Crippen LogP contribution in [0.1, 0.15) is 5.56 Å². The Morgan fingerprint density at radius 1 is 0.255 bits per heavy atom. The Kier molecular flexibility index (Phi) is 9.09. The quantitative estimate of drug-likeness (QED) is 0.157. The maximum absolute atomic E-state index is 5.17. The fraction of sp³-hybridized carbons (Fsp3) is 0.0200. The number of aromatic nitrogens is 5. The first-order chi connectivity index (χ1) is 27.1. The van der Waals surface area contributed by atoms with Crippen molar-refractivity contribution in [3.05, 3.63) is 200 Å². The molecular weight excluding hydrogens is 671 g/mol. The minimum absolute atomic E-state index is 0.620. The van der Waals surface area contributed by atoms with Crippen LogP contribution in [0.2, 0.25) is 0 Å². The SMILES string of the molecule is Cc1ccc(-c2cc(-c3ccccc3)nc(-c3ccc(-c4ccccc4)cc3)n2)cc1-c1cccc(-c2nc(-c3ccccc3)nc(-c3ccccc3)n2)c1. The van der Waals surface area contributed by atoms with Crippen molar-refractivity contribution in [1.82, 2.24) is 24.9 Å². The van der Waals surface area contributed by atoms with Crippen LogP contribution in [0.25, 0.3) is 90.3 Å². The molecule has 0 saturated heterocycles. The Hall–Kier alpha value is -7.37. The summed E-state index contributed by atoms with van der Waals surface area (Å²) in [5.74, 6) is 2.57. The predicted octanol–water partition coefficient (Wildman–Crippen LogP) is 12.3. The van der Waals surface area contributed by atoms with Gasteiger partial charge in [0.15, 0.2) is 23.3 Å². The van der Waals surface area contributed by atoms with E-state index < -0.39 is 0 Å². The molecule has 0 spiro atoms. The van der Waals surface area contributed by atoms with Crippen molar-refractivity contribution < 1.29 is 0 Å². The fourth-order valence-electron chi connectivity index (χ4n) is 6.78. The molecule has 9 aromatic rings. The van der Waals surface area contributed by atoms with E-state index in [1.165, 1.54) is 5.56 Å². The topological polar surface area (TPSA) is 64.5 Å². The molecule has 0 aliphatic heterocycles.